The van der Waals surface area contributed by atoms with E-state index in [-0.39, 0.29) is 11.8 Å². The largest absolute Gasteiger partial charge is 0.378 e. The van der Waals surface area contributed by atoms with Gasteiger partial charge in [0.2, 0.25) is 0 Å². The molecule has 4 rings (SSSR count). The molecule has 0 spiro atoms. The highest BCUT2D eigenvalue weighted by Gasteiger charge is 2.42. The molecule has 2 aromatic carbocycles. The van der Waals surface area contributed by atoms with Gasteiger partial charge >= 0.3 is 0 Å². The number of hydrogen-bond donors (Lipinski definition) is 0. The summed E-state index contributed by atoms with van der Waals surface area (Å²) < 4.78 is 5.40. The Labute approximate surface area is 176 Å². The fourth-order valence-corrected chi connectivity index (χ4v) is 4.70. The zero-order valence-corrected chi connectivity index (χ0v) is 17.1. The molecule has 1 fully saturated rings. The van der Waals surface area contributed by atoms with Gasteiger partial charge in [0.25, 0.3) is 11.8 Å². The predicted molar refractivity (Wildman–Crippen MR) is 111 cm³/mol. The highest BCUT2D eigenvalue weighted by molar-refractivity contribution is 8.04. The molecule has 1 saturated heterocycles. The summed E-state index contributed by atoms with van der Waals surface area (Å²) >= 11 is 13.5. The number of carbonyl (C=O) groups is 2. The van der Waals surface area contributed by atoms with Crippen molar-refractivity contribution in [2.24, 2.45) is 0 Å². The first-order chi connectivity index (χ1) is 13.5. The summed E-state index contributed by atoms with van der Waals surface area (Å²) in [5.74, 6) is -0.748. The molecule has 0 bridgehead atoms. The molecule has 5 nitrogen and oxygen atoms in total. The lowest BCUT2D eigenvalue weighted by molar-refractivity contribution is -0.121. The Morgan fingerprint density at radius 1 is 0.893 bits per heavy atom. The van der Waals surface area contributed by atoms with Gasteiger partial charge in [-0.25, -0.2) is 4.90 Å². The summed E-state index contributed by atoms with van der Waals surface area (Å²) in [5, 5.41) is 0.723. The Morgan fingerprint density at radius 2 is 1.54 bits per heavy atom. The van der Waals surface area contributed by atoms with Crippen LogP contribution in [-0.4, -0.2) is 43.0 Å². The first-order valence-corrected chi connectivity index (χ1v) is 10.3. The monoisotopic (exact) mass is 434 g/mol. The Hall–Kier alpha value is -1.99. The van der Waals surface area contributed by atoms with Gasteiger partial charge in [0.05, 0.1) is 18.9 Å². The summed E-state index contributed by atoms with van der Waals surface area (Å²) in [4.78, 5) is 30.9. The quantitative estimate of drug-likeness (QED) is 0.674. The maximum absolute atomic E-state index is 13.3. The van der Waals surface area contributed by atoms with E-state index in [1.807, 2.05) is 35.2 Å². The minimum absolute atomic E-state index is 0.361. The van der Waals surface area contributed by atoms with Crippen molar-refractivity contribution in [1.29, 1.82) is 0 Å². The molecule has 144 valence electrons. The molecule has 0 aromatic heterocycles. The second-order valence-corrected chi connectivity index (χ2v) is 8.22. The number of anilines is 1. The van der Waals surface area contributed by atoms with E-state index in [1.165, 1.54) is 11.8 Å². The molecular formula is C20H16Cl2N2O3S. The molecule has 0 aliphatic carbocycles. The van der Waals surface area contributed by atoms with E-state index in [0.717, 1.165) is 9.80 Å². The molecule has 0 saturated carbocycles. The van der Waals surface area contributed by atoms with Crippen molar-refractivity contribution in [1.82, 2.24) is 4.90 Å². The lowest BCUT2D eigenvalue weighted by atomic mass is 10.3. The number of ether oxygens (including phenoxy) is 1. The minimum atomic E-state index is -0.376. The maximum atomic E-state index is 13.3. The van der Waals surface area contributed by atoms with E-state index < -0.39 is 0 Å². The fourth-order valence-electron chi connectivity index (χ4n) is 3.17. The van der Waals surface area contributed by atoms with E-state index in [4.69, 9.17) is 27.9 Å². The van der Waals surface area contributed by atoms with Crippen molar-refractivity contribution < 1.29 is 14.3 Å². The van der Waals surface area contributed by atoms with Crippen LogP contribution in [0.15, 0.2) is 64.0 Å². The van der Waals surface area contributed by atoms with E-state index >= 15 is 0 Å². The SMILES string of the molecule is O=C1C(Sc2ccccc2)=C(N2CCOCC2)C(=O)N1c1cc(Cl)cc(Cl)c1. The standard InChI is InChI=1S/C20H16Cl2N2O3S/c21-13-10-14(22)12-15(11-13)24-19(25)17(23-6-8-27-9-7-23)18(20(24)26)28-16-4-2-1-3-5-16/h1-5,10-12H,6-9H2. The van der Waals surface area contributed by atoms with Crippen LogP contribution in [0, 0.1) is 0 Å². The zero-order valence-electron chi connectivity index (χ0n) is 14.7. The number of nitrogens with zero attached hydrogens (tertiary/aromatic N) is 2. The first kappa shape index (κ1) is 19.3. The normalized spacial score (nSPS) is 17.6. The molecule has 2 aliphatic heterocycles. The average molecular weight is 435 g/mol. The van der Waals surface area contributed by atoms with Crippen LogP contribution in [0.4, 0.5) is 5.69 Å². The third kappa shape index (κ3) is 3.78. The number of morpholine rings is 1. The maximum Gasteiger partial charge on any atom is 0.283 e. The van der Waals surface area contributed by atoms with Gasteiger partial charge in [0, 0.05) is 28.0 Å². The van der Waals surface area contributed by atoms with Crippen LogP contribution in [-0.2, 0) is 14.3 Å². The third-order valence-corrected chi connectivity index (χ3v) is 5.93. The number of amides is 2. The van der Waals surface area contributed by atoms with Crippen molar-refractivity contribution >= 4 is 52.5 Å². The Bertz CT molecular complexity index is 939. The van der Waals surface area contributed by atoms with Crippen molar-refractivity contribution in [3.8, 4) is 0 Å². The summed E-state index contributed by atoms with van der Waals surface area (Å²) in [6.45, 7) is 2.13. The van der Waals surface area contributed by atoms with E-state index in [2.05, 4.69) is 0 Å². The zero-order chi connectivity index (χ0) is 19.7. The number of rotatable bonds is 4. The van der Waals surface area contributed by atoms with Gasteiger partial charge in [0.1, 0.15) is 10.6 Å². The number of thioether (sulfide) groups is 1. The predicted octanol–water partition coefficient (Wildman–Crippen LogP) is 4.20. The molecule has 0 N–H and O–H groups in total. The van der Waals surface area contributed by atoms with E-state index in [1.54, 1.807) is 18.2 Å². The average Bonchev–Trinajstić information content (AvgIpc) is 2.92. The number of benzene rings is 2. The van der Waals surface area contributed by atoms with Crippen LogP contribution in [0.1, 0.15) is 0 Å². The van der Waals surface area contributed by atoms with Crippen LogP contribution < -0.4 is 4.90 Å². The first-order valence-electron chi connectivity index (χ1n) is 8.69. The molecule has 2 aromatic rings. The lowest BCUT2D eigenvalue weighted by Crippen LogP contribution is -2.40. The Balaban J connectivity index is 1.76. The number of imide groups is 1. The van der Waals surface area contributed by atoms with Crippen LogP contribution in [0.3, 0.4) is 0 Å². The van der Waals surface area contributed by atoms with E-state index in [0.29, 0.717) is 52.6 Å². The van der Waals surface area contributed by atoms with Crippen LogP contribution in [0.5, 0.6) is 0 Å². The summed E-state index contributed by atoms with van der Waals surface area (Å²) in [6.07, 6.45) is 0. The molecule has 2 heterocycles. The Morgan fingerprint density at radius 3 is 2.18 bits per heavy atom. The van der Waals surface area contributed by atoms with Gasteiger partial charge in [-0.05, 0) is 30.3 Å². The van der Waals surface area contributed by atoms with Crippen molar-refractivity contribution in [2.45, 2.75) is 4.90 Å². The van der Waals surface area contributed by atoms with Crippen LogP contribution >= 0.6 is 35.0 Å². The third-order valence-electron chi connectivity index (χ3n) is 4.41. The van der Waals surface area contributed by atoms with Crippen LogP contribution in [0.25, 0.3) is 0 Å². The van der Waals surface area contributed by atoms with Gasteiger partial charge in [-0.3, -0.25) is 9.59 Å². The molecule has 0 radical (unpaired) electrons. The molecule has 8 heteroatoms. The molecule has 2 amide bonds. The van der Waals surface area contributed by atoms with Gasteiger partial charge in [-0.1, -0.05) is 53.2 Å². The second-order valence-electron chi connectivity index (χ2n) is 6.27. The minimum Gasteiger partial charge on any atom is -0.378 e. The van der Waals surface area contributed by atoms with Gasteiger partial charge in [-0.2, -0.15) is 0 Å². The van der Waals surface area contributed by atoms with Crippen LogP contribution in [0.2, 0.25) is 10.0 Å². The lowest BCUT2D eigenvalue weighted by Gasteiger charge is -2.29. The van der Waals surface area contributed by atoms with Gasteiger partial charge < -0.3 is 9.64 Å². The van der Waals surface area contributed by atoms with Gasteiger partial charge in [0.15, 0.2) is 0 Å². The highest BCUT2D eigenvalue weighted by Crippen LogP contribution is 2.39. The number of carbonyl (C=O) groups excluding carboxylic acids is 2. The fraction of sp³-hybridized carbons (Fsp3) is 0.200. The van der Waals surface area contributed by atoms with Crippen molar-refractivity contribution in [3.63, 3.8) is 0 Å². The number of hydrogen-bond acceptors (Lipinski definition) is 5. The highest BCUT2D eigenvalue weighted by atomic mass is 35.5. The summed E-state index contributed by atoms with van der Waals surface area (Å²) in [6, 6.07) is 14.2. The van der Waals surface area contributed by atoms with Gasteiger partial charge in [-0.15, -0.1) is 0 Å². The summed E-state index contributed by atoms with van der Waals surface area (Å²) in [7, 11) is 0. The van der Waals surface area contributed by atoms with Crippen molar-refractivity contribution in [2.75, 3.05) is 31.2 Å². The second kappa shape index (κ2) is 8.17. The smallest absolute Gasteiger partial charge is 0.283 e. The molecule has 0 atom stereocenters. The summed E-state index contributed by atoms with van der Waals surface area (Å²) in [5.41, 5.74) is 0.764. The van der Waals surface area contributed by atoms with Crippen molar-refractivity contribution in [3.05, 3.63) is 69.2 Å². The number of halogens is 2. The molecule has 28 heavy (non-hydrogen) atoms. The molecule has 2 aliphatic rings. The molecular weight excluding hydrogens is 419 g/mol. The molecule has 0 unspecified atom stereocenters. The Kier molecular flexibility index (Phi) is 5.64. The topological polar surface area (TPSA) is 49.9 Å². The van der Waals surface area contributed by atoms with E-state index in [9.17, 15) is 9.59 Å².